The van der Waals surface area contributed by atoms with Crippen LogP contribution in [0.2, 0.25) is 0 Å². The van der Waals surface area contributed by atoms with Crippen LogP contribution >= 0.6 is 0 Å². The number of hydrogen-bond donors (Lipinski definition) is 1. The molecule has 0 aromatic heterocycles. The summed E-state index contributed by atoms with van der Waals surface area (Å²) in [6.45, 7) is 5.82. The number of benzene rings is 1. The van der Waals surface area contributed by atoms with Gasteiger partial charge in [0.1, 0.15) is 11.5 Å². The fraction of sp³-hybridized carbons (Fsp3) is 0.562. The van der Waals surface area contributed by atoms with Gasteiger partial charge in [-0.15, -0.1) is 0 Å². The Morgan fingerprint density at radius 2 is 1.27 bits per heavy atom. The maximum absolute atomic E-state index is 11.6. The van der Waals surface area contributed by atoms with Crippen LogP contribution in [0.25, 0.3) is 0 Å². The highest BCUT2D eigenvalue weighted by molar-refractivity contribution is 5.85. The van der Waals surface area contributed by atoms with Crippen LogP contribution in [0, 0.1) is 0 Å². The highest BCUT2D eigenvalue weighted by atomic mass is 16.5. The average molecular weight is 510 g/mol. The molecule has 0 saturated carbocycles. The minimum atomic E-state index is -0.429. The molecule has 2 rings (SSSR count). The first-order valence-corrected chi connectivity index (χ1v) is 14.4. The number of rotatable bonds is 20. The Balaban J connectivity index is 1.88. The van der Waals surface area contributed by atoms with Gasteiger partial charge in [0.25, 0.3) is 0 Å². The van der Waals surface area contributed by atoms with Gasteiger partial charge in [0.2, 0.25) is 5.43 Å². The van der Waals surface area contributed by atoms with Crippen LogP contribution < -0.4 is 14.9 Å². The summed E-state index contributed by atoms with van der Waals surface area (Å²) in [6, 6.07) is 11.7. The molecule has 0 bridgehead atoms. The van der Waals surface area contributed by atoms with E-state index in [1.807, 2.05) is 18.2 Å². The first kappa shape index (κ1) is 30.4. The fourth-order valence-corrected chi connectivity index (χ4v) is 4.11. The quantitative estimate of drug-likeness (QED) is 0.143. The SMILES string of the molecule is CCCCCCCCCCCCOc1ccc(C=Nc2ccc(O)c(=O)cc2)c(OCCCCCC)c1. The third-order valence-electron chi connectivity index (χ3n) is 6.43. The molecule has 0 aliphatic heterocycles. The summed E-state index contributed by atoms with van der Waals surface area (Å²) in [5, 5.41) is 9.60. The maximum Gasteiger partial charge on any atom is 0.220 e. The molecular weight excluding hydrogens is 462 g/mol. The Morgan fingerprint density at radius 3 is 1.95 bits per heavy atom. The van der Waals surface area contributed by atoms with Crippen molar-refractivity contribution in [3.63, 3.8) is 0 Å². The van der Waals surface area contributed by atoms with E-state index in [-0.39, 0.29) is 5.75 Å². The lowest BCUT2D eigenvalue weighted by atomic mass is 10.1. The average Bonchev–Trinajstić information content (AvgIpc) is 3.07. The van der Waals surface area contributed by atoms with Crippen molar-refractivity contribution >= 4 is 11.9 Å². The van der Waals surface area contributed by atoms with Gasteiger partial charge in [-0.3, -0.25) is 9.79 Å². The first-order valence-electron chi connectivity index (χ1n) is 14.4. The van der Waals surface area contributed by atoms with Gasteiger partial charge in [0.05, 0.1) is 18.9 Å². The molecule has 0 heterocycles. The molecule has 204 valence electrons. The van der Waals surface area contributed by atoms with Gasteiger partial charge in [0, 0.05) is 17.8 Å². The Hall–Kier alpha value is -2.82. The zero-order valence-electron chi connectivity index (χ0n) is 23.1. The number of ether oxygens (including phenoxy) is 2. The molecule has 2 aromatic rings. The molecule has 0 unspecified atom stereocenters. The number of unbranched alkanes of at least 4 members (excludes halogenated alkanes) is 12. The molecule has 5 nitrogen and oxygen atoms in total. The Morgan fingerprint density at radius 1 is 0.703 bits per heavy atom. The van der Waals surface area contributed by atoms with E-state index in [9.17, 15) is 9.90 Å². The molecule has 37 heavy (non-hydrogen) atoms. The van der Waals surface area contributed by atoms with Gasteiger partial charge in [-0.1, -0.05) is 90.9 Å². The summed E-state index contributed by atoms with van der Waals surface area (Å²) < 4.78 is 12.1. The van der Waals surface area contributed by atoms with Crippen molar-refractivity contribution in [2.75, 3.05) is 13.2 Å². The lowest BCUT2D eigenvalue weighted by molar-refractivity contribution is 0.290. The molecule has 0 fully saturated rings. The summed E-state index contributed by atoms with van der Waals surface area (Å²) >= 11 is 0. The molecule has 0 radical (unpaired) electrons. The zero-order chi connectivity index (χ0) is 26.6. The monoisotopic (exact) mass is 509 g/mol. The molecule has 1 N–H and O–H groups in total. The van der Waals surface area contributed by atoms with Gasteiger partial charge in [-0.05, 0) is 49.2 Å². The minimum Gasteiger partial charge on any atom is -0.504 e. The van der Waals surface area contributed by atoms with E-state index < -0.39 is 5.43 Å². The van der Waals surface area contributed by atoms with Crippen LogP contribution in [0.3, 0.4) is 0 Å². The van der Waals surface area contributed by atoms with Crippen LogP contribution in [0.5, 0.6) is 17.2 Å². The van der Waals surface area contributed by atoms with Gasteiger partial charge in [0.15, 0.2) is 5.75 Å². The van der Waals surface area contributed by atoms with Crippen molar-refractivity contribution < 1.29 is 14.6 Å². The summed E-state index contributed by atoms with van der Waals surface area (Å²) in [5.74, 6) is 1.26. The molecule has 0 atom stereocenters. The second kappa shape index (κ2) is 19.3. The highest BCUT2D eigenvalue weighted by Crippen LogP contribution is 2.25. The zero-order valence-corrected chi connectivity index (χ0v) is 23.1. The van der Waals surface area contributed by atoms with Crippen LogP contribution in [0.1, 0.15) is 109 Å². The largest absolute Gasteiger partial charge is 0.504 e. The third kappa shape index (κ3) is 13.3. The maximum atomic E-state index is 11.6. The van der Waals surface area contributed by atoms with Crippen LogP contribution in [0.15, 0.2) is 52.3 Å². The van der Waals surface area contributed by atoms with Crippen molar-refractivity contribution in [2.24, 2.45) is 4.99 Å². The highest BCUT2D eigenvalue weighted by Gasteiger charge is 2.06. The van der Waals surface area contributed by atoms with E-state index in [2.05, 4.69) is 18.8 Å². The second-order valence-electron chi connectivity index (χ2n) is 9.74. The van der Waals surface area contributed by atoms with Crippen molar-refractivity contribution in [2.45, 2.75) is 104 Å². The van der Waals surface area contributed by atoms with E-state index >= 15 is 0 Å². The summed E-state index contributed by atoms with van der Waals surface area (Å²) in [5.41, 5.74) is 0.994. The van der Waals surface area contributed by atoms with Gasteiger partial charge in [-0.25, -0.2) is 0 Å². The minimum absolute atomic E-state index is 0.290. The molecule has 0 aliphatic carbocycles. The van der Waals surface area contributed by atoms with E-state index in [0.717, 1.165) is 36.3 Å². The third-order valence-corrected chi connectivity index (χ3v) is 6.43. The molecular formula is C32H47NO4. The number of nitrogens with zero attached hydrogens (tertiary/aromatic N) is 1. The molecule has 2 aromatic carbocycles. The van der Waals surface area contributed by atoms with Crippen LogP contribution in [-0.2, 0) is 0 Å². The number of hydrogen-bond acceptors (Lipinski definition) is 5. The number of aromatic hydroxyl groups is 1. The van der Waals surface area contributed by atoms with Crippen molar-refractivity contribution in [3.8, 4) is 17.2 Å². The van der Waals surface area contributed by atoms with Crippen molar-refractivity contribution in [3.05, 3.63) is 58.3 Å². The van der Waals surface area contributed by atoms with E-state index in [1.54, 1.807) is 18.3 Å². The summed E-state index contributed by atoms with van der Waals surface area (Å²) in [7, 11) is 0. The predicted molar refractivity (Wildman–Crippen MR) is 155 cm³/mol. The second-order valence-corrected chi connectivity index (χ2v) is 9.74. The van der Waals surface area contributed by atoms with Crippen LogP contribution in [-0.4, -0.2) is 24.5 Å². The Bertz CT molecular complexity index is 973. The fourth-order valence-electron chi connectivity index (χ4n) is 4.11. The van der Waals surface area contributed by atoms with Crippen molar-refractivity contribution in [1.82, 2.24) is 0 Å². The van der Waals surface area contributed by atoms with E-state index in [1.165, 1.54) is 82.8 Å². The first-order chi connectivity index (χ1) is 18.1. The standard InChI is InChI=1S/C32H47NO4/c1-3-5-7-9-10-11-12-13-14-16-23-36-29-20-17-27(32(25-29)37-24-15-8-6-4-2)26-33-28-18-21-30(34)31(35)22-19-28/h17-22,25-26H,3-16,23-24H2,1-2H3,(H,34,35). The molecule has 0 spiro atoms. The van der Waals surface area contributed by atoms with Crippen molar-refractivity contribution in [1.29, 1.82) is 0 Å². The predicted octanol–water partition coefficient (Wildman–Crippen LogP) is 8.76. The van der Waals surface area contributed by atoms with E-state index in [4.69, 9.17) is 9.47 Å². The molecule has 0 amide bonds. The lowest BCUT2D eigenvalue weighted by Gasteiger charge is -2.12. The molecule has 0 saturated heterocycles. The van der Waals surface area contributed by atoms with Gasteiger partial charge >= 0.3 is 0 Å². The Labute approximate surface area is 224 Å². The summed E-state index contributed by atoms with van der Waals surface area (Å²) in [6.07, 6.45) is 19.3. The van der Waals surface area contributed by atoms with Crippen LogP contribution in [0.4, 0.5) is 5.69 Å². The molecule has 5 heteroatoms. The Kier molecular flexibility index (Phi) is 15.9. The summed E-state index contributed by atoms with van der Waals surface area (Å²) in [4.78, 5) is 16.1. The normalized spacial score (nSPS) is 11.2. The van der Waals surface area contributed by atoms with Gasteiger partial charge < -0.3 is 14.6 Å². The smallest absolute Gasteiger partial charge is 0.220 e. The van der Waals surface area contributed by atoms with Gasteiger partial charge in [-0.2, -0.15) is 0 Å². The lowest BCUT2D eigenvalue weighted by Crippen LogP contribution is -2.02. The molecule has 0 aliphatic rings. The van der Waals surface area contributed by atoms with E-state index in [0.29, 0.717) is 18.9 Å². The topological polar surface area (TPSA) is 68.1 Å². The number of aliphatic imine (C=N–C) groups is 1.